The lowest BCUT2D eigenvalue weighted by Crippen LogP contribution is -2.34. The molecular formula is C23H33FN4O4. The van der Waals surface area contributed by atoms with Crippen molar-refractivity contribution in [2.24, 2.45) is 5.92 Å². The van der Waals surface area contributed by atoms with Gasteiger partial charge in [0.1, 0.15) is 5.75 Å². The van der Waals surface area contributed by atoms with Crippen molar-refractivity contribution in [1.82, 2.24) is 15.3 Å². The standard InChI is InChI=1S/C23H33FN4O4/c1-16(2)21-25-23(32-26-21)27-12-10-18(11-13-27)5-4-14-31-20-8-6-19(7-9-20)22(30)28(24)17(3)15-29/h6-9,16-18,29H,4-5,10-15H2,1-3H3/t17-/m1/s1. The van der Waals surface area contributed by atoms with Crippen LogP contribution >= 0.6 is 0 Å². The fourth-order valence-electron chi connectivity index (χ4n) is 3.65. The third kappa shape index (κ3) is 6.18. The Kier molecular flexibility index (Phi) is 8.44. The highest BCUT2D eigenvalue weighted by Gasteiger charge is 2.24. The molecule has 0 spiro atoms. The average Bonchev–Trinajstić information content (AvgIpc) is 3.32. The summed E-state index contributed by atoms with van der Waals surface area (Å²) in [6, 6.07) is 6.14. The van der Waals surface area contributed by atoms with Crippen LogP contribution in [-0.4, -0.2) is 58.6 Å². The summed E-state index contributed by atoms with van der Waals surface area (Å²) in [7, 11) is 0. The molecule has 2 aromatic rings. The Hall–Kier alpha value is -2.68. The van der Waals surface area contributed by atoms with Crippen LogP contribution in [0, 0.1) is 5.92 Å². The maximum Gasteiger partial charge on any atom is 0.324 e. The van der Waals surface area contributed by atoms with Crippen LogP contribution in [0.5, 0.6) is 5.75 Å². The predicted molar refractivity (Wildman–Crippen MR) is 118 cm³/mol. The number of aromatic nitrogens is 2. The van der Waals surface area contributed by atoms with Gasteiger partial charge < -0.3 is 19.3 Å². The number of ether oxygens (including phenoxy) is 1. The van der Waals surface area contributed by atoms with Crippen LogP contribution in [0.1, 0.15) is 68.6 Å². The molecule has 0 bridgehead atoms. The molecule has 9 heteroatoms. The van der Waals surface area contributed by atoms with E-state index in [0.717, 1.165) is 44.6 Å². The van der Waals surface area contributed by atoms with Crippen molar-refractivity contribution in [2.75, 3.05) is 31.2 Å². The van der Waals surface area contributed by atoms with Gasteiger partial charge in [-0.05, 0) is 62.8 Å². The molecule has 32 heavy (non-hydrogen) atoms. The Labute approximate surface area is 188 Å². The number of carbonyl (C=O) groups excluding carboxylic acids is 1. The Bertz CT molecular complexity index is 850. The number of hydrogen-bond donors (Lipinski definition) is 1. The molecular weight excluding hydrogens is 415 g/mol. The summed E-state index contributed by atoms with van der Waals surface area (Å²) in [5, 5.41) is 13.1. The van der Waals surface area contributed by atoms with Crippen LogP contribution in [0.4, 0.5) is 10.5 Å². The van der Waals surface area contributed by atoms with Gasteiger partial charge in [-0.1, -0.05) is 23.5 Å². The minimum Gasteiger partial charge on any atom is -0.494 e. The van der Waals surface area contributed by atoms with E-state index in [9.17, 15) is 9.28 Å². The number of nitrogens with zero attached hydrogens (tertiary/aromatic N) is 4. The Morgan fingerprint density at radius 1 is 1.28 bits per heavy atom. The minimum absolute atomic E-state index is 0.0445. The van der Waals surface area contributed by atoms with Crippen LogP contribution in [0.15, 0.2) is 28.8 Å². The quantitative estimate of drug-likeness (QED) is 0.434. The van der Waals surface area contributed by atoms with E-state index in [4.69, 9.17) is 14.4 Å². The molecule has 1 aromatic carbocycles. The average molecular weight is 449 g/mol. The van der Waals surface area contributed by atoms with Crippen LogP contribution in [0.3, 0.4) is 0 Å². The van der Waals surface area contributed by atoms with Crippen LogP contribution in [0.25, 0.3) is 0 Å². The summed E-state index contributed by atoms with van der Waals surface area (Å²) in [4.78, 5) is 18.7. The van der Waals surface area contributed by atoms with Crippen molar-refractivity contribution in [3.63, 3.8) is 0 Å². The van der Waals surface area contributed by atoms with Gasteiger partial charge in [-0.15, -0.1) is 0 Å². The van der Waals surface area contributed by atoms with Gasteiger partial charge in [-0.25, -0.2) is 0 Å². The van der Waals surface area contributed by atoms with Crippen LogP contribution in [-0.2, 0) is 0 Å². The number of rotatable bonds is 10. The van der Waals surface area contributed by atoms with Gasteiger partial charge in [-0.3, -0.25) is 4.79 Å². The molecule has 1 aromatic heterocycles. The number of carbonyl (C=O) groups is 1. The molecule has 0 aliphatic carbocycles. The summed E-state index contributed by atoms with van der Waals surface area (Å²) >= 11 is 0. The van der Waals surface area contributed by atoms with Crippen LogP contribution < -0.4 is 9.64 Å². The van der Waals surface area contributed by atoms with Crippen molar-refractivity contribution in [1.29, 1.82) is 0 Å². The molecule has 8 nitrogen and oxygen atoms in total. The van der Waals surface area contributed by atoms with E-state index in [-0.39, 0.29) is 16.6 Å². The Morgan fingerprint density at radius 2 is 1.97 bits per heavy atom. The first-order valence-corrected chi connectivity index (χ1v) is 11.3. The van der Waals surface area contributed by atoms with E-state index >= 15 is 0 Å². The number of aliphatic hydroxyl groups excluding tert-OH is 1. The molecule has 0 radical (unpaired) electrons. The zero-order valence-electron chi connectivity index (χ0n) is 19.0. The van der Waals surface area contributed by atoms with E-state index in [1.54, 1.807) is 12.1 Å². The largest absolute Gasteiger partial charge is 0.494 e. The summed E-state index contributed by atoms with van der Waals surface area (Å²) < 4.78 is 25.0. The van der Waals surface area contributed by atoms with E-state index in [1.165, 1.54) is 19.1 Å². The minimum atomic E-state index is -0.880. The molecule has 1 N–H and O–H groups in total. The maximum absolute atomic E-state index is 13.8. The van der Waals surface area contributed by atoms with E-state index in [2.05, 4.69) is 15.0 Å². The molecule has 0 unspecified atom stereocenters. The fourth-order valence-corrected chi connectivity index (χ4v) is 3.65. The van der Waals surface area contributed by atoms with Gasteiger partial charge in [0.25, 0.3) is 5.91 Å². The van der Waals surface area contributed by atoms with Gasteiger partial charge in [0.15, 0.2) is 5.82 Å². The van der Waals surface area contributed by atoms with Gasteiger partial charge in [0, 0.05) is 24.6 Å². The van der Waals surface area contributed by atoms with Gasteiger partial charge in [0.05, 0.1) is 19.3 Å². The number of anilines is 1. The number of halogens is 1. The fraction of sp³-hybridized carbons (Fsp3) is 0.609. The summed E-state index contributed by atoms with van der Waals surface area (Å²) in [6.07, 6.45) is 4.20. The second kappa shape index (κ2) is 11.3. The summed E-state index contributed by atoms with van der Waals surface area (Å²) in [6.45, 7) is 7.53. The molecule has 0 saturated carbocycles. The molecule has 1 fully saturated rings. The second-order valence-corrected chi connectivity index (χ2v) is 8.68. The number of piperidine rings is 1. The third-order valence-corrected chi connectivity index (χ3v) is 5.80. The van der Waals surface area contributed by atoms with Gasteiger partial charge in [0.2, 0.25) is 0 Å². The Morgan fingerprint density at radius 3 is 2.56 bits per heavy atom. The maximum atomic E-state index is 13.8. The van der Waals surface area contributed by atoms with Crippen molar-refractivity contribution in [3.8, 4) is 5.75 Å². The first-order chi connectivity index (χ1) is 15.4. The van der Waals surface area contributed by atoms with E-state index in [1.807, 2.05) is 13.8 Å². The lowest BCUT2D eigenvalue weighted by Gasteiger charge is -2.30. The smallest absolute Gasteiger partial charge is 0.324 e. The molecule has 1 aliphatic heterocycles. The highest BCUT2D eigenvalue weighted by Crippen LogP contribution is 2.26. The normalized spacial score (nSPS) is 15.8. The monoisotopic (exact) mass is 448 g/mol. The molecule has 3 rings (SSSR count). The van der Waals surface area contributed by atoms with Crippen LogP contribution in [0.2, 0.25) is 0 Å². The number of aliphatic hydroxyl groups is 1. The summed E-state index contributed by atoms with van der Waals surface area (Å²) in [5.41, 5.74) is 0.216. The zero-order chi connectivity index (χ0) is 23.1. The highest BCUT2D eigenvalue weighted by molar-refractivity contribution is 5.93. The molecule has 1 saturated heterocycles. The van der Waals surface area contributed by atoms with E-state index < -0.39 is 18.6 Å². The Balaban J connectivity index is 1.35. The van der Waals surface area contributed by atoms with Crippen molar-refractivity contribution < 1.29 is 23.6 Å². The molecule has 1 aliphatic rings. The lowest BCUT2D eigenvalue weighted by atomic mass is 9.92. The molecule has 1 amide bonds. The first kappa shape index (κ1) is 24.0. The van der Waals surface area contributed by atoms with Crippen molar-refractivity contribution in [3.05, 3.63) is 35.7 Å². The molecule has 176 valence electrons. The van der Waals surface area contributed by atoms with Crippen molar-refractivity contribution in [2.45, 2.75) is 58.4 Å². The topological polar surface area (TPSA) is 91.9 Å². The third-order valence-electron chi connectivity index (χ3n) is 5.80. The predicted octanol–water partition coefficient (Wildman–Crippen LogP) is 3.98. The number of amides is 1. The lowest BCUT2D eigenvalue weighted by molar-refractivity contribution is -0.0162. The molecule has 2 heterocycles. The van der Waals surface area contributed by atoms with Crippen molar-refractivity contribution >= 4 is 11.9 Å². The zero-order valence-corrected chi connectivity index (χ0v) is 19.0. The number of hydrogen-bond acceptors (Lipinski definition) is 7. The first-order valence-electron chi connectivity index (χ1n) is 11.3. The SMILES string of the molecule is CC(C)c1noc(N2CCC(CCCOc3ccc(C(=O)N(F)[C@H](C)CO)cc3)CC2)n1. The number of benzene rings is 1. The highest BCUT2D eigenvalue weighted by atomic mass is 19.2. The van der Waals surface area contributed by atoms with Gasteiger partial charge >= 0.3 is 6.01 Å². The van der Waals surface area contributed by atoms with Gasteiger partial charge in [-0.2, -0.15) is 10.1 Å². The summed E-state index contributed by atoms with van der Waals surface area (Å²) in [5.74, 6) is 1.53. The molecule has 1 atom stereocenters. The van der Waals surface area contributed by atoms with E-state index in [0.29, 0.717) is 24.3 Å². The second-order valence-electron chi connectivity index (χ2n) is 8.68.